The third-order valence-electron chi connectivity index (χ3n) is 4.16. The molecule has 1 fully saturated rings. The molecule has 1 rings (SSSR count). The number of hydrogen-bond donors (Lipinski definition) is 2. The van der Waals surface area contributed by atoms with Crippen LogP contribution in [-0.2, 0) is 4.79 Å². The van der Waals surface area contributed by atoms with Gasteiger partial charge in [-0.3, -0.25) is 9.69 Å². The Morgan fingerprint density at radius 2 is 1.94 bits per heavy atom. The van der Waals surface area contributed by atoms with E-state index in [1.54, 1.807) is 0 Å². The lowest BCUT2D eigenvalue weighted by Gasteiger charge is -2.38. The first-order chi connectivity index (χ1) is 8.60. The molecule has 106 valence electrons. The van der Waals surface area contributed by atoms with Crippen molar-refractivity contribution in [1.82, 2.24) is 10.2 Å². The standard InChI is InChI=1S/C14H29N3O/c1-4-10-16-11-6-8-12(9-7-11)17(3)13(5-2)14(15)18/h11-13,16H,4-10H2,1-3H3,(H2,15,18). The molecule has 0 saturated heterocycles. The van der Waals surface area contributed by atoms with Crippen molar-refractivity contribution < 1.29 is 4.79 Å². The number of hydrogen-bond acceptors (Lipinski definition) is 3. The van der Waals surface area contributed by atoms with E-state index in [1.165, 1.54) is 32.1 Å². The molecule has 0 spiro atoms. The van der Waals surface area contributed by atoms with Gasteiger partial charge in [0.05, 0.1) is 6.04 Å². The van der Waals surface area contributed by atoms with Crippen molar-refractivity contribution in [3.63, 3.8) is 0 Å². The molecular formula is C14H29N3O. The Morgan fingerprint density at radius 3 is 2.39 bits per heavy atom. The van der Waals surface area contributed by atoms with Gasteiger partial charge in [-0.1, -0.05) is 13.8 Å². The lowest BCUT2D eigenvalue weighted by atomic mass is 9.89. The fraction of sp³-hybridized carbons (Fsp3) is 0.929. The Hall–Kier alpha value is -0.610. The van der Waals surface area contributed by atoms with E-state index in [0.717, 1.165) is 13.0 Å². The molecule has 1 saturated carbocycles. The second-order valence-corrected chi connectivity index (χ2v) is 5.45. The molecule has 0 aromatic rings. The number of amides is 1. The summed E-state index contributed by atoms with van der Waals surface area (Å²) in [5.74, 6) is -0.189. The first-order valence-electron chi connectivity index (χ1n) is 7.34. The number of nitrogens with two attached hydrogens (primary N) is 1. The van der Waals surface area contributed by atoms with Crippen molar-refractivity contribution in [2.75, 3.05) is 13.6 Å². The molecule has 0 aromatic heterocycles. The summed E-state index contributed by atoms with van der Waals surface area (Å²) in [7, 11) is 2.05. The van der Waals surface area contributed by atoms with Crippen molar-refractivity contribution >= 4 is 5.91 Å². The third kappa shape index (κ3) is 4.25. The monoisotopic (exact) mass is 255 g/mol. The van der Waals surface area contributed by atoms with Gasteiger partial charge in [-0.2, -0.15) is 0 Å². The number of carbonyl (C=O) groups excluding carboxylic acids is 1. The fourth-order valence-electron chi connectivity index (χ4n) is 2.98. The Kier molecular flexibility index (Phi) is 6.65. The Labute approximate surface area is 111 Å². The Balaban J connectivity index is 2.39. The highest BCUT2D eigenvalue weighted by Gasteiger charge is 2.29. The first-order valence-corrected chi connectivity index (χ1v) is 7.34. The van der Waals surface area contributed by atoms with Gasteiger partial charge in [0, 0.05) is 12.1 Å². The van der Waals surface area contributed by atoms with Gasteiger partial charge < -0.3 is 11.1 Å². The topological polar surface area (TPSA) is 58.4 Å². The summed E-state index contributed by atoms with van der Waals surface area (Å²) in [6.45, 7) is 5.34. The second-order valence-electron chi connectivity index (χ2n) is 5.45. The summed E-state index contributed by atoms with van der Waals surface area (Å²) in [4.78, 5) is 13.6. The molecule has 1 amide bonds. The maximum atomic E-state index is 11.4. The van der Waals surface area contributed by atoms with Gasteiger partial charge >= 0.3 is 0 Å². The lowest BCUT2D eigenvalue weighted by Crippen LogP contribution is -2.49. The van der Waals surface area contributed by atoms with Crippen LogP contribution in [0.25, 0.3) is 0 Å². The van der Waals surface area contributed by atoms with Crippen LogP contribution in [0.15, 0.2) is 0 Å². The van der Waals surface area contributed by atoms with E-state index in [2.05, 4.69) is 17.1 Å². The van der Waals surface area contributed by atoms with Gasteiger partial charge in [-0.15, -0.1) is 0 Å². The molecule has 1 aliphatic rings. The molecular weight excluding hydrogens is 226 g/mol. The first kappa shape index (κ1) is 15.4. The van der Waals surface area contributed by atoms with Crippen LogP contribution in [0.5, 0.6) is 0 Å². The van der Waals surface area contributed by atoms with Crippen LogP contribution in [-0.4, -0.2) is 42.5 Å². The lowest BCUT2D eigenvalue weighted by molar-refractivity contribution is -0.124. The van der Waals surface area contributed by atoms with Crippen molar-refractivity contribution in [3.8, 4) is 0 Å². The zero-order valence-corrected chi connectivity index (χ0v) is 12.1. The van der Waals surface area contributed by atoms with Gasteiger partial charge in [-0.05, 0) is 52.1 Å². The largest absolute Gasteiger partial charge is 0.368 e. The van der Waals surface area contributed by atoms with Gasteiger partial charge in [-0.25, -0.2) is 0 Å². The molecule has 0 radical (unpaired) electrons. The average Bonchev–Trinajstić information content (AvgIpc) is 2.37. The molecule has 0 heterocycles. The summed E-state index contributed by atoms with van der Waals surface area (Å²) in [5.41, 5.74) is 5.45. The number of rotatable bonds is 7. The highest BCUT2D eigenvalue weighted by Crippen LogP contribution is 2.24. The molecule has 1 aliphatic carbocycles. The van der Waals surface area contributed by atoms with Crippen LogP contribution in [0.4, 0.5) is 0 Å². The summed E-state index contributed by atoms with van der Waals surface area (Å²) in [6, 6.07) is 1.08. The van der Waals surface area contributed by atoms with E-state index in [9.17, 15) is 4.79 Å². The van der Waals surface area contributed by atoms with Crippen LogP contribution in [0.2, 0.25) is 0 Å². The normalized spacial score (nSPS) is 26.2. The summed E-state index contributed by atoms with van der Waals surface area (Å²) >= 11 is 0. The molecule has 1 unspecified atom stereocenters. The van der Waals surface area contributed by atoms with Gasteiger partial charge in [0.1, 0.15) is 0 Å². The van der Waals surface area contributed by atoms with Crippen LogP contribution in [0.3, 0.4) is 0 Å². The minimum Gasteiger partial charge on any atom is -0.368 e. The van der Waals surface area contributed by atoms with Gasteiger partial charge in [0.25, 0.3) is 0 Å². The molecule has 4 nitrogen and oxygen atoms in total. The molecule has 1 atom stereocenters. The predicted molar refractivity (Wildman–Crippen MR) is 75.4 cm³/mol. The Bertz CT molecular complexity index is 249. The highest BCUT2D eigenvalue weighted by atomic mass is 16.1. The smallest absolute Gasteiger partial charge is 0.234 e. The van der Waals surface area contributed by atoms with Gasteiger partial charge in [0.15, 0.2) is 0 Å². The van der Waals surface area contributed by atoms with Crippen LogP contribution in [0.1, 0.15) is 52.4 Å². The number of nitrogens with one attached hydrogen (secondary N) is 1. The minimum absolute atomic E-state index is 0.102. The average molecular weight is 255 g/mol. The summed E-state index contributed by atoms with van der Waals surface area (Å²) in [6.07, 6.45) is 6.76. The predicted octanol–water partition coefficient (Wildman–Crippen LogP) is 1.49. The minimum atomic E-state index is -0.189. The Morgan fingerprint density at radius 1 is 1.33 bits per heavy atom. The van der Waals surface area contributed by atoms with Crippen LogP contribution >= 0.6 is 0 Å². The van der Waals surface area contributed by atoms with E-state index < -0.39 is 0 Å². The van der Waals surface area contributed by atoms with Crippen LogP contribution in [0, 0.1) is 0 Å². The molecule has 0 aromatic carbocycles. The van der Waals surface area contributed by atoms with Crippen LogP contribution < -0.4 is 11.1 Å². The quantitative estimate of drug-likeness (QED) is 0.724. The number of nitrogens with zero attached hydrogens (tertiary/aromatic N) is 1. The maximum absolute atomic E-state index is 11.4. The third-order valence-corrected chi connectivity index (χ3v) is 4.16. The summed E-state index contributed by atoms with van der Waals surface area (Å²) in [5, 5.41) is 3.59. The van der Waals surface area contributed by atoms with E-state index in [0.29, 0.717) is 12.1 Å². The second kappa shape index (κ2) is 7.74. The number of primary amides is 1. The zero-order chi connectivity index (χ0) is 13.5. The summed E-state index contributed by atoms with van der Waals surface area (Å²) < 4.78 is 0. The van der Waals surface area contributed by atoms with Crippen molar-refractivity contribution in [3.05, 3.63) is 0 Å². The molecule has 0 bridgehead atoms. The van der Waals surface area contributed by atoms with Crippen molar-refractivity contribution in [2.45, 2.75) is 70.5 Å². The van der Waals surface area contributed by atoms with E-state index in [1.807, 2.05) is 14.0 Å². The highest BCUT2D eigenvalue weighted by molar-refractivity contribution is 5.79. The number of likely N-dealkylation sites (N-methyl/N-ethyl adjacent to an activating group) is 1. The molecule has 3 N–H and O–H groups in total. The van der Waals surface area contributed by atoms with E-state index in [4.69, 9.17) is 5.73 Å². The van der Waals surface area contributed by atoms with E-state index >= 15 is 0 Å². The molecule has 18 heavy (non-hydrogen) atoms. The maximum Gasteiger partial charge on any atom is 0.234 e. The van der Waals surface area contributed by atoms with E-state index in [-0.39, 0.29) is 11.9 Å². The zero-order valence-electron chi connectivity index (χ0n) is 12.1. The SMILES string of the molecule is CCCNC1CCC(N(C)C(CC)C(N)=O)CC1. The molecule has 4 heteroatoms. The van der Waals surface area contributed by atoms with Crippen molar-refractivity contribution in [2.24, 2.45) is 5.73 Å². The molecule has 0 aliphatic heterocycles. The van der Waals surface area contributed by atoms with Gasteiger partial charge in [0.2, 0.25) is 5.91 Å². The fourth-order valence-corrected chi connectivity index (χ4v) is 2.98. The van der Waals surface area contributed by atoms with Crippen molar-refractivity contribution in [1.29, 1.82) is 0 Å². The number of carbonyl (C=O) groups is 1.